The van der Waals surface area contributed by atoms with Crippen LogP contribution in [0.5, 0.6) is 11.5 Å². The summed E-state index contributed by atoms with van der Waals surface area (Å²) in [6.07, 6.45) is 0. The number of ketones is 1. The van der Waals surface area contributed by atoms with E-state index in [0.717, 1.165) is 5.56 Å². The largest absolute Gasteiger partial charge is 0.496 e. The third-order valence-corrected chi connectivity index (χ3v) is 3.54. The lowest BCUT2D eigenvalue weighted by atomic mass is 10.1. The van der Waals surface area contributed by atoms with Crippen LogP contribution in [0.2, 0.25) is 0 Å². The van der Waals surface area contributed by atoms with Crippen molar-refractivity contribution >= 4 is 17.1 Å². The topological polar surface area (TPSA) is 35.5 Å². The van der Waals surface area contributed by atoms with Crippen molar-refractivity contribution in [3.63, 3.8) is 0 Å². The molecule has 2 aromatic rings. The summed E-state index contributed by atoms with van der Waals surface area (Å²) in [7, 11) is 3.15. The standard InChI is InChI=1S/C14H14O3S/c1-9-4-5-12(17-3)11(6-9)14(15)13-7-10(16-2)8-18-13/h4-8H,1-3H3. The first-order valence-electron chi connectivity index (χ1n) is 5.47. The molecule has 0 atom stereocenters. The first kappa shape index (κ1) is 12.6. The number of rotatable bonds is 4. The van der Waals surface area contributed by atoms with Gasteiger partial charge in [0.1, 0.15) is 11.5 Å². The van der Waals surface area contributed by atoms with E-state index in [4.69, 9.17) is 9.47 Å². The minimum atomic E-state index is -0.0381. The number of carbonyl (C=O) groups excluding carboxylic acids is 1. The summed E-state index contributed by atoms with van der Waals surface area (Å²) in [5.74, 6) is 1.26. The van der Waals surface area contributed by atoms with Crippen LogP contribution in [0.3, 0.4) is 0 Å². The van der Waals surface area contributed by atoms with Gasteiger partial charge in [0.05, 0.1) is 24.7 Å². The lowest BCUT2D eigenvalue weighted by molar-refractivity contribution is 0.103. The molecule has 0 N–H and O–H groups in total. The van der Waals surface area contributed by atoms with Crippen molar-refractivity contribution in [1.29, 1.82) is 0 Å². The molecule has 0 fully saturated rings. The van der Waals surface area contributed by atoms with E-state index >= 15 is 0 Å². The van der Waals surface area contributed by atoms with Crippen molar-refractivity contribution in [2.45, 2.75) is 6.92 Å². The molecule has 0 bridgehead atoms. The summed E-state index contributed by atoms with van der Waals surface area (Å²) in [4.78, 5) is 13.0. The van der Waals surface area contributed by atoms with Gasteiger partial charge < -0.3 is 9.47 Å². The highest BCUT2D eigenvalue weighted by molar-refractivity contribution is 7.12. The van der Waals surface area contributed by atoms with Crippen LogP contribution < -0.4 is 9.47 Å². The molecule has 0 unspecified atom stereocenters. The zero-order valence-electron chi connectivity index (χ0n) is 10.5. The summed E-state index contributed by atoms with van der Waals surface area (Å²) >= 11 is 1.37. The number of carbonyl (C=O) groups is 1. The van der Waals surface area contributed by atoms with Crippen LogP contribution >= 0.6 is 11.3 Å². The molecule has 1 heterocycles. The Morgan fingerprint density at radius 2 is 1.94 bits per heavy atom. The molecule has 2 rings (SSSR count). The van der Waals surface area contributed by atoms with E-state index in [-0.39, 0.29) is 5.78 Å². The fraction of sp³-hybridized carbons (Fsp3) is 0.214. The smallest absolute Gasteiger partial charge is 0.206 e. The summed E-state index contributed by atoms with van der Waals surface area (Å²) in [6, 6.07) is 7.32. The van der Waals surface area contributed by atoms with Gasteiger partial charge in [0.15, 0.2) is 0 Å². The van der Waals surface area contributed by atoms with E-state index in [2.05, 4.69) is 0 Å². The molecule has 0 aliphatic heterocycles. The third-order valence-electron chi connectivity index (χ3n) is 2.63. The highest BCUT2D eigenvalue weighted by Crippen LogP contribution is 2.28. The lowest BCUT2D eigenvalue weighted by Gasteiger charge is -2.07. The highest BCUT2D eigenvalue weighted by atomic mass is 32.1. The second-order valence-corrected chi connectivity index (χ2v) is 4.79. The van der Waals surface area contributed by atoms with Crippen molar-refractivity contribution in [2.75, 3.05) is 14.2 Å². The first-order valence-corrected chi connectivity index (χ1v) is 6.35. The monoisotopic (exact) mass is 262 g/mol. The molecule has 18 heavy (non-hydrogen) atoms. The van der Waals surface area contributed by atoms with Crippen LogP contribution in [0.15, 0.2) is 29.6 Å². The average molecular weight is 262 g/mol. The van der Waals surface area contributed by atoms with Crippen LogP contribution in [-0.4, -0.2) is 20.0 Å². The molecule has 0 saturated heterocycles. The number of hydrogen-bond donors (Lipinski definition) is 0. The van der Waals surface area contributed by atoms with Gasteiger partial charge in [-0.15, -0.1) is 11.3 Å². The van der Waals surface area contributed by atoms with Gasteiger partial charge in [-0.3, -0.25) is 4.79 Å². The predicted molar refractivity (Wildman–Crippen MR) is 72.0 cm³/mol. The van der Waals surface area contributed by atoms with Crippen LogP contribution in [-0.2, 0) is 0 Å². The Morgan fingerprint density at radius 1 is 1.17 bits per heavy atom. The number of aryl methyl sites for hydroxylation is 1. The Balaban J connectivity index is 2.41. The lowest BCUT2D eigenvalue weighted by Crippen LogP contribution is -2.02. The fourth-order valence-electron chi connectivity index (χ4n) is 1.68. The number of methoxy groups -OCH3 is 2. The van der Waals surface area contributed by atoms with Crippen molar-refractivity contribution in [3.05, 3.63) is 45.6 Å². The molecule has 0 spiro atoms. The Labute approximate surface area is 110 Å². The minimum Gasteiger partial charge on any atom is -0.496 e. The zero-order chi connectivity index (χ0) is 13.1. The Morgan fingerprint density at radius 3 is 2.56 bits per heavy atom. The van der Waals surface area contributed by atoms with Crippen LogP contribution in [0.25, 0.3) is 0 Å². The van der Waals surface area contributed by atoms with Crippen molar-refractivity contribution in [3.8, 4) is 11.5 Å². The zero-order valence-corrected chi connectivity index (χ0v) is 11.3. The average Bonchev–Trinajstić information content (AvgIpc) is 2.86. The second kappa shape index (κ2) is 5.23. The summed E-state index contributed by atoms with van der Waals surface area (Å²) in [6.45, 7) is 1.95. The van der Waals surface area contributed by atoms with Gasteiger partial charge in [-0.05, 0) is 19.1 Å². The molecule has 4 heteroatoms. The van der Waals surface area contributed by atoms with Crippen LogP contribution in [0.1, 0.15) is 20.8 Å². The Hall–Kier alpha value is -1.81. The highest BCUT2D eigenvalue weighted by Gasteiger charge is 2.16. The molecule has 0 radical (unpaired) electrons. The summed E-state index contributed by atoms with van der Waals surface area (Å²) < 4.78 is 10.3. The number of thiophene rings is 1. The fourth-order valence-corrected chi connectivity index (χ4v) is 2.49. The molecular formula is C14H14O3S. The second-order valence-electron chi connectivity index (χ2n) is 3.88. The van der Waals surface area contributed by atoms with Gasteiger partial charge in [0.25, 0.3) is 0 Å². The molecule has 0 aliphatic rings. The Bertz CT molecular complexity index is 572. The SMILES string of the molecule is COc1csc(C(=O)c2cc(C)ccc2OC)c1. The number of ether oxygens (including phenoxy) is 2. The third kappa shape index (κ3) is 2.38. The van der Waals surface area contributed by atoms with Crippen molar-refractivity contribution in [2.24, 2.45) is 0 Å². The molecule has 1 aromatic carbocycles. The van der Waals surface area contributed by atoms with Gasteiger partial charge in [-0.25, -0.2) is 0 Å². The number of hydrogen-bond acceptors (Lipinski definition) is 4. The van der Waals surface area contributed by atoms with E-state index in [1.54, 1.807) is 20.3 Å². The normalized spacial score (nSPS) is 10.2. The van der Waals surface area contributed by atoms with Gasteiger partial charge in [0, 0.05) is 11.4 Å². The van der Waals surface area contributed by atoms with Crippen LogP contribution in [0.4, 0.5) is 0 Å². The van der Waals surface area contributed by atoms with Gasteiger partial charge in [0.2, 0.25) is 5.78 Å². The van der Waals surface area contributed by atoms with Gasteiger partial charge >= 0.3 is 0 Å². The van der Waals surface area contributed by atoms with E-state index in [0.29, 0.717) is 21.9 Å². The maximum absolute atomic E-state index is 12.4. The van der Waals surface area contributed by atoms with E-state index < -0.39 is 0 Å². The minimum absolute atomic E-state index is 0.0381. The van der Waals surface area contributed by atoms with Crippen molar-refractivity contribution < 1.29 is 14.3 Å². The van der Waals surface area contributed by atoms with Gasteiger partial charge in [-0.2, -0.15) is 0 Å². The molecule has 1 aromatic heterocycles. The molecular weight excluding hydrogens is 248 g/mol. The quantitative estimate of drug-likeness (QED) is 0.793. The molecule has 0 amide bonds. The van der Waals surface area contributed by atoms with E-state index in [1.165, 1.54) is 11.3 Å². The molecule has 3 nitrogen and oxygen atoms in total. The van der Waals surface area contributed by atoms with Gasteiger partial charge in [-0.1, -0.05) is 11.6 Å². The molecule has 0 aliphatic carbocycles. The molecule has 0 saturated carbocycles. The van der Waals surface area contributed by atoms with E-state index in [1.807, 2.05) is 30.5 Å². The number of benzene rings is 1. The predicted octanol–water partition coefficient (Wildman–Crippen LogP) is 3.30. The van der Waals surface area contributed by atoms with E-state index in [9.17, 15) is 4.79 Å². The molecule has 94 valence electrons. The summed E-state index contributed by atoms with van der Waals surface area (Å²) in [5.41, 5.74) is 1.62. The van der Waals surface area contributed by atoms with Crippen LogP contribution in [0, 0.1) is 6.92 Å². The summed E-state index contributed by atoms with van der Waals surface area (Å²) in [5, 5.41) is 1.81. The Kier molecular flexibility index (Phi) is 3.67. The first-order chi connectivity index (χ1) is 8.65. The van der Waals surface area contributed by atoms with Crippen molar-refractivity contribution in [1.82, 2.24) is 0 Å². The maximum atomic E-state index is 12.4. The maximum Gasteiger partial charge on any atom is 0.206 e.